The van der Waals surface area contributed by atoms with E-state index in [0.29, 0.717) is 22.9 Å². The molecule has 5 nitrogen and oxygen atoms in total. The highest BCUT2D eigenvalue weighted by atomic mass is 35.5. The highest BCUT2D eigenvalue weighted by molar-refractivity contribution is 7.09. The van der Waals surface area contributed by atoms with Gasteiger partial charge in [-0.25, -0.2) is 4.98 Å². The van der Waals surface area contributed by atoms with Gasteiger partial charge in [0.15, 0.2) is 0 Å². The quantitative estimate of drug-likeness (QED) is 0.139. The van der Waals surface area contributed by atoms with Crippen molar-refractivity contribution in [2.75, 3.05) is 7.11 Å². The number of ether oxygens (including phenoxy) is 1. The van der Waals surface area contributed by atoms with Crippen molar-refractivity contribution >= 4 is 44.7 Å². The lowest BCUT2D eigenvalue weighted by molar-refractivity contribution is 0.414. The molecule has 1 unspecified atom stereocenters. The summed E-state index contributed by atoms with van der Waals surface area (Å²) in [5, 5.41) is 5.42. The number of aromatic nitrogens is 3. The van der Waals surface area contributed by atoms with Crippen LogP contribution in [0.1, 0.15) is 181 Å². The number of pyridine rings is 1. The SMILES string of the molecule is CC(C)c1ccccc1.CC(C)c1ccccc1.CC1Cc2ccccc2C1.CCc1c[nH]c2ccccc12.CCc1ccc(Cl)nc1.CCc1ccco1.CCc1cccs1.CCc1cn(C)c2ccccc12.COc1ccc(C(C)C)cc1.C[C@@H]1CC1c1ccccc1. The van der Waals surface area contributed by atoms with Gasteiger partial charge in [0.05, 0.1) is 13.4 Å². The number of furan rings is 1. The number of aryl methyl sites for hydroxylation is 6. The monoisotopic (exact) mass is 1310 g/mol. The molecule has 5 aromatic heterocycles. The molecule has 2 atom stereocenters. The number of benzene rings is 7. The van der Waals surface area contributed by atoms with Crippen molar-refractivity contribution in [3.63, 3.8) is 0 Å². The van der Waals surface area contributed by atoms with Gasteiger partial charge >= 0.3 is 0 Å². The summed E-state index contributed by atoms with van der Waals surface area (Å²) in [5.74, 6) is 6.58. The number of hydrogen-bond donors (Lipinski definition) is 1. The van der Waals surface area contributed by atoms with Gasteiger partial charge in [0.1, 0.15) is 16.7 Å². The van der Waals surface area contributed by atoms with E-state index >= 15 is 0 Å². The number of fused-ring (bicyclic) bond motifs is 3. The summed E-state index contributed by atoms with van der Waals surface area (Å²) in [6, 6.07) is 77.6. The molecule has 0 bridgehead atoms. The maximum Gasteiger partial charge on any atom is 0.129 e. The van der Waals surface area contributed by atoms with Gasteiger partial charge < -0.3 is 18.7 Å². The molecule has 2 aliphatic carbocycles. The van der Waals surface area contributed by atoms with Crippen LogP contribution in [0.4, 0.5) is 0 Å². The highest BCUT2D eigenvalue weighted by Crippen LogP contribution is 2.46. The van der Waals surface area contributed by atoms with Gasteiger partial charge in [-0.1, -0.05) is 278 Å². The predicted molar refractivity (Wildman–Crippen MR) is 415 cm³/mol. The molecule has 2 aliphatic rings. The Morgan fingerprint density at radius 2 is 1.07 bits per heavy atom. The van der Waals surface area contributed by atoms with E-state index in [9.17, 15) is 0 Å². The fraction of sp³-hybridized carbons (Fsp3) is 0.330. The molecule has 7 heteroatoms. The van der Waals surface area contributed by atoms with Gasteiger partial charge in [-0.05, 0) is 184 Å². The van der Waals surface area contributed by atoms with Crippen molar-refractivity contribution < 1.29 is 9.15 Å². The van der Waals surface area contributed by atoms with Crippen LogP contribution in [0.15, 0.2) is 259 Å². The Labute approximate surface area is 582 Å². The van der Waals surface area contributed by atoms with Crippen molar-refractivity contribution in [3.05, 3.63) is 321 Å². The van der Waals surface area contributed by atoms with Gasteiger partial charge in [0, 0.05) is 58.7 Å². The summed E-state index contributed by atoms with van der Waals surface area (Å²) in [7, 11) is 3.78. The topological polar surface area (TPSA) is 56.0 Å². The first-order chi connectivity index (χ1) is 46.0. The van der Waals surface area contributed by atoms with Gasteiger partial charge in [-0.15, -0.1) is 11.3 Å². The lowest BCUT2D eigenvalue weighted by atomic mass is 10.0. The smallest absolute Gasteiger partial charge is 0.129 e. The Morgan fingerprint density at radius 1 is 0.547 bits per heavy atom. The van der Waals surface area contributed by atoms with Crippen LogP contribution in [0.25, 0.3) is 21.8 Å². The second-order valence-electron chi connectivity index (χ2n) is 25.1. The van der Waals surface area contributed by atoms with E-state index in [2.05, 4.69) is 305 Å². The third-order valence-corrected chi connectivity index (χ3v) is 18.0. The molecule has 1 fully saturated rings. The first-order valence-electron chi connectivity index (χ1n) is 34.6. The third kappa shape index (κ3) is 28.4. The molecule has 5 heterocycles. The molecule has 0 saturated heterocycles. The zero-order chi connectivity index (χ0) is 68.7. The second-order valence-corrected chi connectivity index (χ2v) is 26.5. The van der Waals surface area contributed by atoms with E-state index in [1.54, 1.807) is 36.8 Å². The number of thiophene rings is 1. The van der Waals surface area contributed by atoms with Crippen LogP contribution in [0, 0.1) is 11.8 Å². The number of methoxy groups -OCH3 is 1. The molecule has 0 amide bonds. The molecular formula is C88H110ClN3O2S. The summed E-state index contributed by atoms with van der Waals surface area (Å²) in [6.45, 7) is 28.5. The molecule has 0 radical (unpaired) electrons. The number of rotatable bonds is 10. The van der Waals surface area contributed by atoms with Crippen molar-refractivity contribution in [2.45, 2.75) is 165 Å². The van der Waals surface area contributed by atoms with E-state index in [-0.39, 0.29) is 0 Å². The number of H-pyrrole nitrogens is 1. The van der Waals surface area contributed by atoms with Crippen LogP contribution in [0.5, 0.6) is 5.75 Å². The van der Waals surface area contributed by atoms with Crippen molar-refractivity contribution in [1.29, 1.82) is 0 Å². The number of aromatic amines is 1. The lowest BCUT2D eigenvalue weighted by Crippen LogP contribution is -1.89. The summed E-state index contributed by atoms with van der Waals surface area (Å²) in [4.78, 5) is 8.63. The number of hydrogen-bond acceptors (Lipinski definition) is 4. The standard InChI is InChI=1S/C11H13N.C10H11N.C10H14O.2C10H12.2C9H12.C7H8ClN.C6H8O.C6H8S/c1-3-9-8-12(2)11-7-5-4-6-10(9)11;1-2-8-7-11-10-6-4-3-5-9(8)10;1-8(2)9-4-6-10(11-3)7-5-9;1-8-6-9-4-2-3-5-10(9)7-8;1-8-7-10(8)9-5-3-2-4-6-9;2*1-8(2)9-6-4-3-5-7-9;1-2-6-3-4-7(8)9-5-6;2*1-2-6-4-3-5-7-6/h4-8H,3H2,1-2H3;3-7,11H,2H2,1H3;4-8H,1-3H3;2-5,8H,6-7H2,1H3;2-6,8,10H,7H2,1H3;2*3-8H,1-2H3;3-5H,2H2,1H3;2*3-5H,2H2,1H3/t;;;;8-,10?;;;;;/m....1...../s1. The summed E-state index contributed by atoms with van der Waals surface area (Å²) in [6.07, 6.45) is 17.2. The number of halogens is 1. The molecule has 95 heavy (non-hydrogen) atoms. The Kier molecular flexibility index (Phi) is 35.7. The van der Waals surface area contributed by atoms with E-state index in [4.69, 9.17) is 20.8 Å². The van der Waals surface area contributed by atoms with Crippen molar-refractivity contribution in [1.82, 2.24) is 14.5 Å². The van der Waals surface area contributed by atoms with Crippen LogP contribution >= 0.6 is 22.9 Å². The number of para-hydroxylation sites is 2. The average molecular weight is 1310 g/mol. The maximum absolute atomic E-state index is 5.56. The third-order valence-electron chi connectivity index (χ3n) is 16.8. The fourth-order valence-corrected chi connectivity index (χ4v) is 11.5. The minimum absolute atomic E-state index is 0.562. The first kappa shape index (κ1) is 77.5. The van der Waals surface area contributed by atoms with Gasteiger partial charge in [-0.2, -0.15) is 0 Å². The first-order valence-corrected chi connectivity index (χ1v) is 35.9. The molecular weight excluding hydrogens is 1200 g/mol. The van der Waals surface area contributed by atoms with Crippen molar-refractivity contribution in [3.8, 4) is 5.75 Å². The van der Waals surface area contributed by atoms with Crippen LogP contribution in [0.2, 0.25) is 5.15 Å². The van der Waals surface area contributed by atoms with Gasteiger partial charge in [0.25, 0.3) is 0 Å². The molecule has 502 valence electrons. The zero-order valence-electron chi connectivity index (χ0n) is 59.9. The highest BCUT2D eigenvalue weighted by Gasteiger charge is 2.33. The number of nitrogens with one attached hydrogen (secondary N) is 1. The predicted octanol–water partition coefficient (Wildman–Crippen LogP) is 25.6. The van der Waals surface area contributed by atoms with E-state index < -0.39 is 0 Å². The van der Waals surface area contributed by atoms with E-state index in [0.717, 1.165) is 54.9 Å². The van der Waals surface area contributed by atoms with Crippen LogP contribution < -0.4 is 4.74 Å². The molecule has 0 aliphatic heterocycles. The second kappa shape index (κ2) is 43.7. The van der Waals surface area contributed by atoms with Crippen molar-refractivity contribution in [2.24, 2.45) is 18.9 Å². The Morgan fingerprint density at radius 3 is 1.51 bits per heavy atom. The molecule has 7 aromatic carbocycles. The molecule has 1 saturated carbocycles. The summed E-state index contributed by atoms with van der Waals surface area (Å²) < 4.78 is 12.2. The Balaban J connectivity index is 0.000000192. The van der Waals surface area contributed by atoms with E-state index in [1.807, 2.05) is 53.8 Å². The maximum atomic E-state index is 5.56. The Hall–Kier alpha value is -8.16. The molecule has 0 spiro atoms. The summed E-state index contributed by atoms with van der Waals surface area (Å²) in [5.41, 5.74) is 15.5. The average Bonchev–Trinajstić information content (AvgIpc) is 1.74. The van der Waals surface area contributed by atoms with Gasteiger partial charge in [-0.3, -0.25) is 0 Å². The Bertz CT molecular complexity index is 3750. The summed E-state index contributed by atoms with van der Waals surface area (Å²) >= 11 is 7.38. The molecule has 1 N–H and O–H groups in total. The minimum Gasteiger partial charge on any atom is -0.497 e. The van der Waals surface area contributed by atoms with Crippen LogP contribution in [0.3, 0.4) is 0 Å². The molecule has 12 aromatic rings. The van der Waals surface area contributed by atoms with Crippen LogP contribution in [-0.2, 0) is 52.0 Å². The zero-order valence-corrected chi connectivity index (χ0v) is 61.4. The largest absolute Gasteiger partial charge is 0.497 e. The molecule has 14 rings (SSSR count). The minimum atomic E-state index is 0.562. The fourth-order valence-electron chi connectivity index (χ4n) is 10.7. The normalized spacial score (nSPS) is 13.0. The van der Waals surface area contributed by atoms with E-state index in [1.165, 1.54) is 91.3 Å². The number of nitrogens with zero attached hydrogens (tertiary/aromatic N) is 2. The lowest BCUT2D eigenvalue weighted by Gasteiger charge is -2.05. The van der Waals surface area contributed by atoms with Crippen LogP contribution in [-0.4, -0.2) is 21.6 Å². The van der Waals surface area contributed by atoms with Gasteiger partial charge in [0.2, 0.25) is 0 Å².